The van der Waals surface area contributed by atoms with Gasteiger partial charge in [0.05, 0.1) is 31.2 Å². The fourth-order valence-electron chi connectivity index (χ4n) is 3.92. The number of carbonyl (C=O) groups is 1. The summed E-state index contributed by atoms with van der Waals surface area (Å²) in [6.07, 6.45) is 2.58. The Morgan fingerprint density at radius 2 is 2.03 bits per heavy atom. The van der Waals surface area contributed by atoms with Crippen LogP contribution in [0.1, 0.15) is 28.0 Å². The van der Waals surface area contributed by atoms with Crippen molar-refractivity contribution in [3.05, 3.63) is 35.2 Å². The smallest absolute Gasteiger partial charge is 0.278 e. The number of morpholine rings is 1. The van der Waals surface area contributed by atoms with Crippen molar-refractivity contribution in [3.63, 3.8) is 0 Å². The van der Waals surface area contributed by atoms with E-state index in [0.717, 1.165) is 66.4 Å². The fraction of sp³-hybridized carbons (Fsp3) is 0.500. The van der Waals surface area contributed by atoms with Gasteiger partial charge >= 0.3 is 0 Å². The molecule has 1 saturated heterocycles. The van der Waals surface area contributed by atoms with E-state index in [1.807, 2.05) is 19.1 Å². The van der Waals surface area contributed by atoms with Crippen LogP contribution in [0.5, 0.6) is 5.75 Å². The molecule has 0 spiro atoms. The first-order chi connectivity index (χ1) is 15.0. The average Bonchev–Trinajstić information content (AvgIpc) is 3.36. The quantitative estimate of drug-likeness (QED) is 0.559. The number of rotatable bonds is 7. The van der Waals surface area contributed by atoms with E-state index in [2.05, 4.69) is 16.9 Å². The van der Waals surface area contributed by atoms with Gasteiger partial charge < -0.3 is 9.47 Å². The Labute approximate surface area is 186 Å². The number of benzene rings is 1. The highest BCUT2D eigenvalue weighted by atomic mass is 32.1. The van der Waals surface area contributed by atoms with E-state index in [-0.39, 0.29) is 5.91 Å². The second-order valence-electron chi connectivity index (χ2n) is 7.82. The van der Waals surface area contributed by atoms with Crippen LogP contribution in [-0.4, -0.2) is 72.1 Å². The number of hydrogen-bond donors (Lipinski definition) is 0. The molecule has 1 aliphatic rings. The van der Waals surface area contributed by atoms with E-state index in [1.54, 1.807) is 29.9 Å². The van der Waals surface area contributed by atoms with Crippen LogP contribution in [0.15, 0.2) is 18.3 Å². The molecule has 2 aromatic heterocycles. The molecular weight excluding hydrogens is 414 g/mol. The lowest BCUT2D eigenvalue weighted by atomic mass is 10.2. The molecule has 1 aliphatic heterocycles. The van der Waals surface area contributed by atoms with Crippen molar-refractivity contribution >= 4 is 32.6 Å². The topological polar surface area (TPSA) is 72.7 Å². The van der Waals surface area contributed by atoms with Gasteiger partial charge in [0.15, 0.2) is 5.13 Å². The number of hydrogen-bond acceptors (Lipinski definition) is 7. The maximum atomic E-state index is 13.6. The zero-order valence-electron chi connectivity index (χ0n) is 18.6. The minimum absolute atomic E-state index is 0.0739. The van der Waals surface area contributed by atoms with Crippen LogP contribution in [0.2, 0.25) is 0 Å². The van der Waals surface area contributed by atoms with E-state index in [4.69, 9.17) is 14.5 Å². The van der Waals surface area contributed by atoms with Crippen LogP contribution in [0, 0.1) is 13.8 Å². The van der Waals surface area contributed by atoms with Gasteiger partial charge in [-0.15, -0.1) is 0 Å². The number of aryl methyl sites for hydroxylation is 3. The largest absolute Gasteiger partial charge is 0.494 e. The molecule has 1 fully saturated rings. The lowest BCUT2D eigenvalue weighted by Crippen LogP contribution is -2.39. The Morgan fingerprint density at radius 1 is 1.26 bits per heavy atom. The maximum Gasteiger partial charge on any atom is 0.278 e. The molecule has 4 rings (SSSR count). The summed E-state index contributed by atoms with van der Waals surface area (Å²) in [6, 6.07) is 3.95. The van der Waals surface area contributed by atoms with Gasteiger partial charge in [-0.3, -0.25) is 19.3 Å². The molecule has 1 aromatic carbocycles. The fourth-order valence-corrected chi connectivity index (χ4v) is 5.00. The highest BCUT2D eigenvalue weighted by Gasteiger charge is 2.26. The molecule has 31 heavy (non-hydrogen) atoms. The average molecular weight is 444 g/mol. The summed E-state index contributed by atoms with van der Waals surface area (Å²) in [5, 5.41) is 4.95. The zero-order valence-corrected chi connectivity index (χ0v) is 19.4. The van der Waals surface area contributed by atoms with Crippen molar-refractivity contribution in [1.82, 2.24) is 19.7 Å². The lowest BCUT2D eigenvalue weighted by Gasteiger charge is -2.27. The van der Waals surface area contributed by atoms with Gasteiger partial charge in [-0.1, -0.05) is 17.4 Å². The van der Waals surface area contributed by atoms with Crippen molar-refractivity contribution in [1.29, 1.82) is 0 Å². The predicted octanol–water partition coefficient (Wildman–Crippen LogP) is 3.02. The molecule has 8 nitrogen and oxygen atoms in total. The minimum Gasteiger partial charge on any atom is -0.494 e. The monoisotopic (exact) mass is 443 g/mol. The van der Waals surface area contributed by atoms with Gasteiger partial charge in [-0.25, -0.2) is 4.98 Å². The molecule has 0 unspecified atom stereocenters. The first-order valence-electron chi connectivity index (χ1n) is 10.5. The maximum absolute atomic E-state index is 13.6. The van der Waals surface area contributed by atoms with Gasteiger partial charge in [0.1, 0.15) is 17.0 Å². The number of methoxy groups -OCH3 is 1. The SMILES string of the molecule is COc1ccc(C)c2sc(N(CCCN3CCOCC3)C(=O)c3c(C)cnn3C)nc12. The summed E-state index contributed by atoms with van der Waals surface area (Å²) in [7, 11) is 3.45. The number of fused-ring (bicyclic) bond motifs is 1. The number of aromatic nitrogens is 3. The van der Waals surface area contributed by atoms with Crippen molar-refractivity contribution < 1.29 is 14.3 Å². The van der Waals surface area contributed by atoms with E-state index < -0.39 is 0 Å². The molecule has 3 aromatic rings. The summed E-state index contributed by atoms with van der Waals surface area (Å²) in [4.78, 5) is 22.6. The Hall–Kier alpha value is -2.49. The van der Waals surface area contributed by atoms with E-state index in [9.17, 15) is 4.79 Å². The van der Waals surface area contributed by atoms with Gasteiger partial charge in [0, 0.05) is 33.2 Å². The molecule has 0 radical (unpaired) electrons. The third kappa shape index (κ3) is 4.44. The summed E-state index contributed by atoms with van der Waals surface area (Å²) in [6.45, 7) is 8.89. The van der Waals surface area contributed by atoms with Crippen LogP contribution in [0.25, 0.3) is 10.2 Å². The molecule has 0 N–H and O–H groups in total. The second kappa shape index (κ2) is 9.33. The number of nitrogens with zero attached hydrogens (tertiary/aromatic N) is 5. The highest BCUT2D eigenvalue weighted by Crippen LogP contribution is 2.37. The molecule has 0 bridgehead atoms. The molecule has 0 aliphatic carbocycles. The zero-order chi connectivity index (χ0) is 22.0. The summed E-state index contributed by atoms with van der Waals surface area (Å²) in [5.41, 5.74) is 3.38. The summed E-state index contributed by atoms with van der Waals surface area (Å²) < 4.78 is 13.6. The van der Waals surface area contributed by atoms with Gasteiger partial charge in [0.2, 0.25) is 0 Å². The number of thiazole rings is 1. The molecule has 0 saturated carbocycles. The van der Waals surface area contributed by atoms with Crippen molar-refractivity contribution in [2.45, 2.75) is 20.3 Å². The third-order valence-electron chi connectivity index (χ3n) is 5.67. The first kappa shape index (κ1) is 21.7. The number of amides is 1. The number of ether oxygens (including phenoxy) is 2. The lowest BCUT2D eigenvalue weighted by molar-refractivity contribution is 0.0376. The highest BCUT2D eigenvalue weighted by molar-refractivity contribution is 7.22. The molecule has 1 amide bonds. The first-order valence-corrected chi connectivity index (χ1v) is 11.4. The standard InChI is InChI=1S/C22H29N5O3S/c1-15-6-7-17(29-4)18-20(15)31-22(24-18)27(9-5-8-26-10-12-30-13-11-26)21(28)19-16(2)14-23-25(19)3/h6-7,14H,5,8-13H2,1-4H3. The van der Waals surface area contributed by atoms with Gasteiger partial charge in [0.25, 0.3) is 5.91 Å². The van der Waals surface area contributed by atoms with E-state index in [0.29, 0.717) is 17.4 Å². The molecule has 3 heterocycles. The second-order valence-corrected chi connectivity index (χ2v) is 8.80. The van der Waals surface area contributed by atoms with Crippen LogP contribution < -0.4 is 9.64 Å². The summed E-state index contributed by atoms with van der Waals surface area (Å²) >= 11 is 1.54. The molecule has 9 heteroatoms. The Kier molecular flexibility index (Phi) is 6.54. The predicted molar refractivity (Wildman–Crippen MR) is 122 cm³/mol. The van der Waals surface area contributed by atoms with E-state index in [1.165, 1.54) is 11.3 Å². The number of anilines is 1. The van der Waals surface area contributed by atoms with Crippen LogP contribution in [-0.2, 0) is 11.8 Å². The van der Waals surface area contributed by atoms with Crippen LogP contribution in [0.4, 0.5) is 5.13 Å². The van der Waals surface area contributed by atoms with Gasteiger partial charge in [-0.05, 0) is 37.5 Å². The molecule has 166 valence electrons. The Balaban J connectivity index is 1.65. The minimum atomic E-state index is -0.0739. The van der Waals surface area contributed by atoms with Crippen LogP contribution >= 0.6 is 11.3 Å². The molecule has 0 atom stereocenters. The summed E-state index contributed by atoms with van der Waals surface area (Å²) in [5.74, 6) is 0.649. The third-order valence-corrected chi connectivity index (χ3v) is 6.89. The van der Waals surface area contributed by atoms with Gasteiger partial charge in [-0.2, -0.15) is 5.10 Å². The van der Waals surface area contributed by atoms with Crippen molar-refractivity contribution in [2.24, 2.45) is 7.05 Å². The Morgan fingerprint density at radius 3 is 2.71 bits per heavy atom. The van der Waals surface area contributed by atoms with E-state index >= 15 is 0 Å². The number of carbonyl (C=O) groups excluding carboxylic acids is 1. The molecular formula is C22H29N5O3S. The van der Waals surface area contributed by atoms with Crippen LogP contribution in [0.3, 0.4) is 0 Å². The van der Waals surface area contributed by atoms with Crippen molar-refractivity contribution in [3.8, 4) is 5.75 Å². The Bertz CT molecular complexity index is 1050. The van der Waals surface area contributed by atoms with Crippen molar-refractivity contribution in [2.75, 3.05) is 51.4 Å². The normalized spacial score (nSPS) is 14.8.